The standard InChI is InChI=1S/C29H33Cl2N3O2/c1-32(24-11-14-26(30)27(31)18-24)20-29(35)33(2)28(19-34-15-4-5-16-34)23-8-6-7-22(17-23)21-9-12-25(36-3)13-10-21/h6-14,17-18,28H,4-5,15-16,19-20H2,1-3H3. The lowest BCUT2D eigenvalue weighted by molar-refractivity contribution is -0.131. The highest BCUT2D eigenvalue weighted by Gasteiger charge is 2.26. The summed E-state index contributed by atoms with van der Waals surface area (Å²) in [5, 5.41) is 0.976. The maximum absolute atomic E-state index is 13.5. The van der Waals surface area contributed by atoms with E-state index < -0.39 is 0 Å². The Hall–Kier alpha value is -2.73. The number of amides is 1. The summed E-state index contributed by atoms with van der Waals surface area (Å²) < 4.78 is 5.31. The smallest absolute Gasteiger partial charge is 0.242 e. The van der Waals surface area contributed by atoms with Gasteiger partial charge < -0.3 is 19.4 Å². The number of hydrogen-bond donors (Lipinski definition) is 0. The Morgan fingerprint density at radius 1 is 0.944 bits per heavy atom. The van der Waals surface area contributed by atoms with E-state index in [1.807, 2.05) is 42.1 Å². The third-order valence-corrected chi connectivity index (χ3v) is 7.64. The van der Waals surface area contributed by atoms with Crippen LogP contribution in [0.2, 0.25) is 10.0 Å². The quantitative estimate of drug-likeness (QED) is 0.323. The van der Waals surface area contributed by atoms with Crippen molar-refractivity contribution in [2.45, 2.75) is 18.9 Å². The van der Waals surface area contributed by atoms with Gasteiger partial charge in [-0.25, -0.2) is 0 Å². The summed E-state index contributed by atoms with van der Waals surface area (Å²) in [5.74, 6) is 0.876. The van der Waals surface area contributed by atoms with Crippen LogP contribution in [-0.2, 0) is 4.79 Å². The molecule has 7 heteroatoms. The number of likely N-dealkylation sites (N-methyl/N-ethyl adjacent to an activating group) is 2. The minimum atomic E-state index is -0.0593. The second-order valence-corrected chi connectivity index (χ2v) is 10.2. The minimum absolute atomic E-state index is 0.0441. The molecule has 1 fully saturated rings. The van der Waals surface area contributed by atoms with Gasteiger partial charge in [0.15, 0.2) is 0 Å². The Bertz CT molecular complexity index is 1180. The lowest BCUT2D eigenvalue weighted by Crippen LogP contribution is -2.42. The summed E-state index contributed by atoms with van der Waals surface area (Å²) in [6.07, 6.45) is 2.41. The van der Waals surface area contributed by atoms with Crippen LogP contribution >= 0.6 is 23.2 Å². The summed E-state index contributed by atoms with van der Waals surface area (Å²) in [5.41, 5.74) is 4.22. The van der Waals surface area contributed by atoms with Gasteiger partial charge in [0.2, 0.25) is 5.91 Å². The predicted molar refractivity (Wildman–Crippen MR) is 149 cm³/mol. The van der Waals surface area contributed by atoms with Gasteiger partial charge >= 0.3 is 0 Å². The molecule has 5 nitrogen and oxygen atoms in total. The minimum Gasteiger partial charge on any atom is -0.497 e. The van der Waals surface area contributed by atoms with Gasteiger partial charge in [0, 0.05) is 26.3 Å². The molecule has 1 aliphatic heterocycles. The molecule has 1 unspecified atom stereocenters. The highest BCUT2D eigenvalue weighted by molar-refractivity contribution is 6.42. The SMILES string of the molecule is COc1ccc(-c2cccc(C(CN3CCCC3)N(C)C(=O)CN(C)c3ccc(Cl)c(Cl)c3)c2)cc1. The molecule has 0 aliphatic carbocycles. The summed E-state index contributed by atoms with van der Waals surface area (Å²) in [7, 11) is 5.47. The van der Waals surface area contributed by atoms with Gasteiger partial charge in [0.05, 0.1) is 29.7 Å². The Kier molecular flexibility index (Phi) is 8.78. The van der Waals surface area contributed by atoms with Crippen LogP contribution in [0.5, 0.6) is 5.75 Å². The van der Waals surface area contributed by atoms with Crippen LogP contribution in [0.4, 0.5) is 5.69 Å². The van der Waals surface area contributed by atoms with Gasteiger partial charge in [-0.2, -0.15) is 0 Å². The molecule has 1 atom stereocenters. The molecule has 4 rings (SSSR count). The van der Waals surface area contributed by atoms with Gasteiger partial charge in [0.1, 0.15) is 5.75 Å². The molecule has 0 spiro atoms. The van der Waals surface area contributed by atoms with Crippen molar-refractivity contribution < 1.29 is 9.53 Å². The molecule has 1 aliphatic rings. The normalized spacial score (nSPS) is 14.5. The number of carbonyl (C=O) groups is 1. The molecule has 1 heterocycles. The zero-order valence-electron chi connectivity index (χ0n) is 21.1. The van der Waals surface area contributed by atoms with Gasteiger partial charge in [-0.1, -0.05) is 53.5 Å². The van der Waals surface area contributed by atoms with Crippen molar-refractivity contribution in [2.24, 2.45) is 0 Å². The fraction of sp³-hybridized carbons (Fsp3) is 0.345. The summed E-state index contributed by atoms with van der Waals surface area (Å²) >= 11 is 12.3. The summed E-state index contributed by atoms with van der Waals surface area (Å²) in [4.78, 5) is 19.7. The van der Waals surface area contributed by atoms with Crippen LogP contribution in [0.25, 0.3) is 11.1 Å². The monoisotopic (exact) mass is 525 g/mol. The van der Waals surface area contributed by atoms with Crippen molar-refractivity contribution >= 4 is 34.8 Å². The summed E-state index contributed by atoms with van der Waals surface area (Å²) in [6.45, 7) is 3.19. The number of halogens is 2. The molecular weight excluding hydrogens is 493 g/mol. The van der Waals surface area contributed by atoms with Crippen LogP contribution in [0.15, 0.2) is 66.7 Å². The highest BCUT2D eigenvalue weighted by Crippen LogP contribution is 2.30. The number of benzene rings is 3. The molecule has 36 heavy (non-hydrogen) atoms. The van der Waals surface area contributed by atoms with E-state index in [1.54, 1.807) is 19.2 Å². The zero-order valence-corrected chi connectivity index (χ0v) is 22.6. The third kappa shape index (κ3) is 6.33. The second kappa shape index (κ2) is 12.0. The fourth-order valence-electron chi connectivity index (χ4n) is 4.67. The maximum Gasteiger partial charge on any atom is 0.242 e. The Balaban J connectivity index is 1.56. The molecule has 0 radical (unpaired) electrons. The Morgan fingerprint density at radius 3 is 2.33 bits per heavy atom. The molecule has 0 aromatic heterocycles. The first-order chi connectivity index (χ1) is 17.4. The van der Waals surface area contributed by atoms with Crippen LogP contribution < -0.4 is 9.64 Å². The maximum atomic E-state index is 13.5. The van der Waals surface area contributed by atoms with Gasteiger partial charge in [-0.05, 0) is 79.0 Å². The van der Waals surface area contributed by atoms with Gasteiger partial charge in [-0.15, -0.1) is 0 Å². The molecule has 0 N–H and O–H groups in total. The average molecular weight is 527 g/mol. The number of ether oxygens (including phenoxy) is 1. The zero-order chi connectivity index (χ0) is 25.7. The van der Waals surface area contributed by atoms with Crippen LogP contribution in [0.1, 0.15) is 24.4 Å². The first kappa shape index (κ1) is 26.3. The van der Waals surface area contributed by atoms with Gasteiger partial charge in [0.25, 0.3) is 0 Å². The number of hydrogen-bond acceptors (Lipinski definition) is 4. The number of likely N-dealkylation sites (tertiary alicyclic amines) is 1. The molecule has 0 saturated carbocycles. The van der Waals surface area contributed by atoms with E-state index in [4.69, 9.17) is 27.9 Å². The molecule has 3 aromatic carbocycles. The van der Waals surface area contributed by atoms with Crippen molar-refractivity contribution in [1.82, 2.24) is 9.80 Å². The number of anilines is 1. The third-order valence-electron chi connectivity index (χ3n) is 6.90. The van der Waals surface area contributed by atoms with Gasteiger partial charge in [-0.3, -0.25) is 4.79 Å². The largest absolute Gasteiger partial charge is 0.497 e. The lowest BCUT2D eigenvalue weighted by atomic mass is 9.98. The van der Waals surface area contributed by atoms with Crippen LogP contribution in [-0.4, -0.2) is 63.1 Å². The van der Waals surface area contributed by atoms with E-state index in [0.29, 0.717) is 10.0 Å². The van der Waals surface area contributed by atoms with E-state index in [-0.39, 0.29) is 18.5 Å². The van der Waals surface area contributed by atoms with Crippen molar-refractivity contribution in [3.05, 3.63) is 82.3 Å². The fourth-order valence-corrected chi connectivity index (χ4v) is 4.96. The molecular formula is C29H33Cl2N3O2. The van der Waals surface area contributed by atoms with Crippen molar-refractivity contribution in [3.8, 4) is 16.9 Å². The topological polar surface area (TPSA) is 36.0 Å². The van der Waals surface area contributed by atoms with E-state index in [2.05, 4.69) is 41.3 Å². The average Bonchev–Trinajstić information content (AvgIpc) is 3.42. The molecule has 3 aromatic rings. The van der Waals surface area contributed by atoms with E-state index >= 15 is 0 Å². The van der Waals surface area contributed by atoms with E-state index in [1.165, 1.54) is 12.8 Å². The van der Waals surface area contributed by atoms with E-state index in [9.17, 15) is 4.79 Å². The first-order valence-electron chi connectivity index (χ1n) is 12.2. The second-order valence-electron chi connectivity index (χ2n) is 9.34. The van der Waals surface area contributed by atoms with Crippen molar-refractivity contribution in [3.63, 3.8) is 0 Å². The Morgan fingerprint density at radius 2 is 1.67 bits per heavy atom. The molecule has 1 amide bonds. The van der Waals surface area contributed by atoms with Crippen molar-refractivity contribution in [1.29, 1.82) is 0 Å². The lowest BCUT2D eigenvalue weighted by Gasteiger charge is -2.33. The number of rotatable bonds is 9. The van der Waals surface area contributed by atoms with Crippen molar-refractivity contribution in [2.75, 3.05) is 52.3 Å². The van der Waals surface area contributed by atoms with E-state index in [0.717, 1.165) is 47.8 Å². The van der Waals surface area contributed by atoms with Crippen LogP contribution in [0, 0.1) is 0 Å². The molecule has 190 valence electrons. The number of carbonyl (C=O) groups excluding carboxylic acids is 1. The first-order valence-corrected chi connectivity index (χ1v) is 13.0. The highest BCUT2D eigenvalue weighted by atomic mass is 35.5. The number of methoxy groups -OCH3 is 1. The van der Waals surface area contributed by atoms with Crippen LogP contribution in [0.3, 0.4) is 0 Å². The number of nitrogens with zero attached hydrogens (tertiary/aromatic N) is 3. The predicted octanol–water partition coefficient (Wildman–Crippen LogP) is 6.40. The molecule has 0 bridgehead atoms. The molecule has 1 saturated heterocycles. The summed E-state index contributed by atoms with van der Waals surface area (Å²) in [6, 6.07) is 21.9. The Labute approximate surface area is 224 Å².